The van der Waals surface area contributed by atoms with E-state index < -0.39 is 17.9 Å². The van der Waals surface area contributed by atoms with Gasteiger partial charge in [-0.05, 0) is 48.8 Å². The van der Waals surface area contributed by atoms with Crippen molar-refractivity contribution in [3.8, 4) is 0 Å². The summed E-state index contributed by atoms with van der Waals surface area (Å²) in [4.78, 5) is 29.6. The molecule has 2 aliphatic heterocycles. The minimum absolute atomic E-state index is 0.110. The lowest BCUT2D eigenvalue weighted by atomic mass is 9.80. The molecule has 0 aromatic heterocycles. The Hall–Kier alpha value is -3.17. The van der Waals surface area contributed by atoms with Gasteiger partial charge in [0.05, 0.1) is 43.1 Å². The number of carbonyl (C=O) groups excluding carboxylic acids is 2. The number of nitrogens with two attached hydrogens (primary N) is 1. The molecule has 3 aliphatic rings. The number of allylic oxidation sites excluding steroid dienone is 1. The number of nitrogens with one attached hydrogen (secondary N) is 1. The van der Waals surface area contributed by atoms with Gasteiger partial charge in [0, 0.05) is 36.9 Å². The molecular weight excluding hydrogens is 542 g/mol. The van der Waals surface area contributed by atoms with Crippen molar-refractivity contribution >= 4 is 23.5 Å². The van der Waals surface area contributed by atoms with Crippen molar-refractivity contribution in [3.05, 3.63) is 93.3 Å². The molecule has 3 unspecified atom stereocenters. The number of likely N-dealkylation sites (tertiary alicyclic amines) is 1. The van der Waals surface area contributed by atoms with E-state index in [1.807, 2.05) is 24.3 Å². The average Bonchev–Trinajstić information content (AvgIpc) is 3.51. The van der Waals surface area contributed by atoms with Crippen molar-refractivity contribution in [3.63, 3.8) is 0 Å². The van der Waals surface area contributed by atoms with Gasteiger partial charge in [0.15, 0.2) is 0 Å². The van der Waals surface area contributed by atoms with Gasteiger partial charge in [-0.25, -0.2) is 9.59 Å². The quantitative estimate of drug-likeness (QED) is 0.320. The van der Waals surface area contributed by atoms with Crippen LogP contribution in [-0.4, -0.2) is 62.9 Å². The normalized spacial score (nSPS) is 24.3. The minimum atomic E-state index is -0.774. The average molecular weight is 580 g/mol. The molecule has 5 rings (SSSR count). The number of fused-ring (bicyclic) bond motifs is 1. The molecule has 0 amide bonds. The smallest absolute Gasteiger partial charge is 0.337 e. The Balaban J connectivity index is 1.37. The lowest BCUT2D eigenvalue weighted by Crippen LogP contribution is -2.36. The summed E-state index contributed by atoms with van der Waals surface area (Å²) < 4.78 is 17.1. The van der Waals surface area contributed by atoms with E-state index in [9.17, 15) is 9.59 Å². The molecule has 2 aromatic rings. The summed E-state index contributed by atoms with van der Waals surface area (Å²) in [6.07, 6.45) is 1.43. The molecule has 41 heavy (non-hydrogen) atoms. The predicted octanol–water partition coefficient (Wildman–Crippen LogP) is 4.16. The van der Waals surface area contributed by atoms with E-state index in [4.69, 9.17) is 31.5 Å². The van der Waals surface area contributed by atoms with Gasteiger partial charge in [-0.15, -0.1) is 0 Å². The van der Waals surface area contributed by atoms with Crippen molar-refractivity contribution in [2.75, 3.05) is 40.0 Å². The molecule has 3 N–H and O–H groups in total. The van der Waals surface area contributed by atoms with Crippen molar-refractivity contribution in [1.29, 1.82) is 0 Å². The van der Waals surface area contributed by atoms with Gasteiger partial charge in [-0.1, -0.05) is 60.1 Å². The first-order valence-corrected chi connectivity index (χ1v) is 14.6. The molecule has 2 fully saturated rings. The van der Waals surface area contributed by atoms with E-state index in [1.165, 1.54) is 12.7 Å². The van der Waals surface area contributed by atoms with Crippen molar-refractivity contribution < 1.29 is 23.8 Å². The van der Waals surface area contributed by atoms with Crippen LogP contribution in [0.3, 0.4) is 0 Å². The topological polar surface area (TPSA) is 103 Å². The first-order valence-electron chi connectivity index (χ1n) is 14.2. The van der Waals surface area contributed by atoms with Crippen LogP contribution < -0.4 is 11.1 Å². The Morgan fingerprint density at radius 2 is 1.68 bits per heavy atom. The fraction of sp³-hybridized carbons (Fsp3) is 0.438. The summed E-state index contributed by atoms with van der Waals surface area (Å²) in [7, 11) is 1.33. The second-order valence-electron chi connectivity index (χ2n) is 11.0. The number of dihydropyridines is 1. The molecule has 8 nitrogen and oxygen atoms in total. The fourth-order valence-corrected chi connectivity index (χ4v) is 6.78. The van der Waals surface area contributed by atoms with Crippen LogP contribution in [0.4, 0.5) is 0 Å². The number of halogens is 1. The molecule has 1 saturated carbocycles. The van der Waals surface area contributed by atoms with E-state index in [0.29, 0.717) is 58.1 Å². The van der Waals surface area contributed by atoms with E-state index in [0.717, 1.165) is 32.5 Å². The number of carbonyl (C=O) groups is 2. The zero-order valence-electron chi connectivity index (χ0n) is 23.6. The van der Waals surface area contributed by atoms with Crippen LogP contribution in [-0.2, 0) is 30.3 Å². The number of nitrogens with zero attached hydrogens (tertiary/aromatic N) is 1. The van der Waals surface area contributed by atoms with E-state index in [1.54, 1.807) is 13.0 Å². The third-order valence-corrected chi connectivity index (χ3v) is 8.65. The van der Waals surface area contributed by atoms with Gasteiger partial charge in [0.2, 0.25) is 0 Å². The Bertz CT molecular complexity index is 1310. The Labute approximate surface area is 246 Å². The van der Waals surface area contributed by atoms with E-state index >= 15 is 0 Å². The maximum absolute atomic E-state index is 14.1. The third kappa shape index (κ3) is 6.51. The first-order chi connectivity index (χ1) is 19.9. The zero-order chi connectivity index (χ0) is 28.9. The van der Waals surface area contributed by atoms with Crippen molar-refractivity contribution in [2.24, 2.45) is 17.6 Å². The van der Waals surface area contributed by atoms with Crippen LogP contribution in [0.2, 0.25) is 5.02 Å². The fourth-order valence-electron chi connectivity index (χ4n) is 6.53. The van der Waals surface area contributed by atoms with E-state index in [2.05, 4.69) is 34.5 Å². The minimum Gasteiger partial charge on any atom is -0.466 e. The number of hydrogen-bond acceptors (Lipinski definition) is 8. The number of esters is 2. The van der Waals surface area contributed by atoms with Crippen LogP contribution in [0.15, 0.2) is 77.1 Å². The van der Waals surface area contributed by atoms with Crippen molar-refractivity contribution in [1.82, 2.24) is 10.2 Å². The zero-order valence-corrected chi connectivity index (χ0v) is 24.4. The number of benzene rings is 2. The second kappa shape index (κ2) is 13.2. The van der Waals surface area contributed by atoms with E-state index in [-0.39, 0.29) is 12.7 Å². The molecule has 3 atom stereocenters. The molecule has 2 heterocycles. The van der Waals surface area contributed by atoms with Gasteiger partial charge in [0.1, 0.15) is 6.10 Å². The molecule has 9 heteroatoms. The first kappa shape index (κ1) is 29.3. The molecular formula is C32H38ClN3O5. The lowest BCUT2D eigenvalue weighted by Gasteiger charge is -2.32. The summed E-state index contributed by atoms with van der Waals surface area (Å²) in [6.45, 7) is 5.47. The summed E-state index contributed by atoms with van der Waals surface area (Å²) in [6, 6.07) is 17.7. The largest absolute Gasteiger partial charge is 0.466 e. The second-order valence-corrected chi connectivity index (χ2v) is 11.4. The Morgan fingerprint density at radius 3 is 2.34 bits per heavy atom. The van der Waals surface area contributed by atoms with Crippen LogP contribution in [0.1, 0.15) is 36.8 Å². The Kier molecular flexibility index (Phi) is 9.45. The van der Waals surface area contributed by atoms with Gasteiger partial charge in [-0.3, -0.25) is 4.90 Å². The highest BCUT2D eigenvalue weighted by atomic mass is 35.5. The van der Waals surface area contributed by atoms with Crippen LogP contribution in [0.25, 0.3) is 0 Å². The van der Waals surface area contributed by atoms with Gasteiger partial charge >= 0.3 is 11.9 Å². The van der Waals surface area contributed by atoms with Crippen LogP contribution in [0, 0.1) is 11.8 Å². The van der Waals surface area contributed by atoms with Gasteiger partial charge in [0.25, 0.3) is 0 Å². The number of hydrogen-bond donors (Lipinski definition) is 2. The predicted molar refractivity (Wildman–Crippen MR) is 157 cm³/mol. The highest BCUT2D eigenvalue weighted by Gasteiger charge is 2.44. The molecule has 0 bridgehead atoms. The summed E-state index contributed by atoms with van der Waals surface area (Å²) >= 11 is 6.65. The third-order valence-electron chi connectivity index (χ3n) is 8.30. The molecule has 2 aromatic carbocycles. The number of methoxy groups -OCH3 is 1. The molecule has 0 spiro atoms. The summed E-state index contributed by atoms with van der Waals surface area (Å²) in [5.41, 5.74) is 9.31. The molecule has 0 radical (unpaired) electrons. The van der Waals surface area contributed by atoms with Gasteiger partial charge < -0.3 is 25.3 Å². The summed E-state index contributed by atoms with van der Waals surface area (Å²) in [5.74, 6) is -0.831. The Morgan fingerprint density at radius 1 is 1.00 bits per heavy atom. The van der Waals surface area contributed by atoms with Crippen LogP contribution >= 0.6 is 11.6 Å². The lowest BCUT2D eigenvalue weighted by molar-refractivity contribution is -0.144. The maximum atomic E-state index is 14.1. The number of rotatable bonds is 10. The van der Waals surface area contributed by atoms with Gasteiger partial charge in [-0.2, -0.15) is 0 Å². The highest BCUT2D eigenvalue weighted by molar-refractivity contribution is 6.31. The summed E-state index contributed by atoms with van der Waals surface area (Å²) in [5, 5.41) is 3.67. The van der Waals surface area contributed by atoms with Crippen molar-refractivity contribution in [2.45, 2.75) is 38.3 Å². The number of ether oxygens (including phenoxy) is 3. The standard InChI is InChI=1S/C32H38ClN3O5/c1-20-28(31(37)39-2)29(25-10-6-7-11-26(25)33)30(27(35-20)19-40-13-12-34)32(38)41-24-14-22-17-36(18-23(22)15-24)16-21-8-4-3-5-9-21/h3-11,22-24,29,35H,12-19,34H2,1-2H3. The molecule has 218 valence electrons. The maximum Gasteiger partial charge on any atom is 0.337 e. The van der Waals surface area contributed by atoms with Crippen LogP contribution in [0.5, 0.6) is 0 Å². The SMILES string of the molecule is COC(=O)C1=C(C)NC(COCCN)=C(C(=O)OC2CC3CN(Cc4ccccc4)CC3C2)C1c1ccccc1Cl. The monoisotopic (exact) mass is 579 g/mol. The molecule has 1 aliphatic carbocycles. The highest BCUT2D eigenvalue weighted by Crippen LogP contribution is 2.44. The molecule has 1 saturated heterocycles.